The van der Waals surface area contributed by atoms with E-state index in [1.54, 1.807) is 13.0 Å². The number of rotatable bonds is 2. The Hall–Kier alpha value is -0.680. The Morgan fingerprint density at radius 1 is 1.67 bits per heavy atom. The topological polar surface area (TPSA) is 102 Å². The first-order valence-electron chi connectivity index (χ1n) is 3.29. The average molecular weight is 192 g/mol. The third kappa shape index (κ3) is 1.30. The standard InChI is InChI=1S/C5H8N2O4S/c1-2-4(7)5(3-6)10-12(8,9)11-5/h4H,2,7H2,1H3. The maximum atomic E-state index is 10.4. The van der Waals surface area contributed by atoms with Crippen molar-refractivity contribution in [3.8, 4) is 6.07 Å². The fourth-order valence-electron chi connectivity index (χ4n) is 0.822. The minimum absolute atomic E-state index is 0.392. The summed E-state index contributed by atoms with van der Waals surface area (Å²) in [6, 6.07) is 0.814. The van der Waals surface area contributed by atoms with E-state index in [9.17, 15) is 8.42 Å². The van der Waals surface area contributed by atoms with Crippen molar-refractivity contribution in [1.82, 2.24) is 0 Å². The lowest BCUT2D eigenvalue weighted by Gasteiger charge is -2.36. The predicted octanol–water partition coefficient (Wildman–Crippen LogP) is -0.765. The zero-order valence-corrected chi connectivity index (χ0v) is 7.17. The van der Waals surface area contributed by atoms with Gasteiger partial charge in [0.25, 0.3) is 0 Å². The molecule has 0 saturated carbocycles. The molecular weight excluding hydrogens is 184 g/mol. The number of nitrogens with zero attached hydrogens (tertiary/aromatic N) is 1. The Morgan fingerprint density at radius 3 is 2.42 bits per heavy atom. The van der Waals surface area contributed by atoms with Crippen LogP contribution in [0.15, 0.2) is 0 Å². The van der Waals surface area contributed by atoms with Gasteiger partial charge in [-0.15, -0.1) is 0 Å². The van der Waals surface area contributed by atoms with Crippen molar-refractivity contribution in [3.05, 3.63) is 0 Å². The maximum absolute atomic E-state index is 10.4. The lowest BCUT2D eigenvalue weighted by atomic mass is 10.1. The molecule has 0 spiro atoms. The largest absolute Gasteiger partial charge is 0.407 e. The number of nitrogens with two attached hydrogens (primary N) is 1. The highest BCUT2D eigenvalue weighted by Crippen LogP contribution is 2.33. The molecule has 0 aromatic rings. The Kier molecular flexibility index (Phi) is 2.09. The van der Waals surface area contributed by atoms with Crippen molar-refractivity contribution in [2.75, 3.05) is 0 Å². The molecular formula is C5H8N2O4S. The average Bonchev–Trinajstić information content (AvgIpc) is 1.97. The van der Waals surface area contributed by atoms with E-state index in [1.807, 2.05) is 0 Å². The molecule has 0 aliphatic carbocycles. The summed E-state index contributed by atoms with van der Waals surface area (Å²) in [5.41, 5.74) is 5.41. The van der Waals surface area contributed by atoms with Gasteiger partial charge in [0.2, 0.25) is 0 Å². The van der Waals surface area contributed by atoms with Crippen LogP contribution >= 0.6 is 0 Å². The van der Waals surface area contributed by atoms with E-state index in [0.29, 0.717) is 6.42 Å². The van der Waals surface area contributed by atoms with E-state index < -0.39 is 22.2 Å². The van der Waals surface area contributed by atoms with Crippen molar-refractivity contribution >= 4 is 10.4 Å². The summed E-state index contributed by atoms with van der Waals surface area (Å²) in [5.74, 6) is -1.80. The van der Waals surface area contributed by atoms with Gasteiger partial charge in [-0.1, -0.05) is 6.92 Å². The van der Waals surface area contributed by atoms with Crippen LogP contribution in [0.5, 0.6) is 0 Å². The highest BCUT2D eigenvalue weighted by atomic mass is 32.3. The summed E-state index contributed by atoms with van der Waals surface area (Å²) in [5, 5.41) is 8.53. The first-order valence-corrected chi connectivity index (χ1v) is 4.62. The van der Waals surface area contributed by atoms with E-state index in [1.165, 1.54) is 0 Å². The van der Waals surface area contributed by atoms with Crippen LogP contribution in [-0.2, 0) is 18.8 Å². The Balaban J connectivity index is 2.80. The summed E-state index contributed by atoms with van der Waals surface area (Å²) in [6.45, 7) is 1.70. The number of nitriles is 1. The van der Waals surface area contributed by atoms with Crippen LogP contribution in [-0.4, -0.2) is 20.2 Å². The second-order valence-electron chi connectivity index (χ2n) is 2.37. The van der Waals surface area contributed by atoms with Crippen LogP contribution in [0, 0.1) is 11.3 Å². The van der Waals surface area contributed by atoms with Crippen LogP contribution in [0.2, 0.25) is 0 Å². The molecule has 1 aliphatic heterocycles. The molecule has 0 aromatic heterocycles. The predicted molar refractivity (Wildman–Crippen MR) is 37.7 cm³/mol. The van der Waals surface area contributed by atoms with E-state index >= 15 is 0 Å². The van der Waals surface area contributed by atoms with Gasteiger partial charge in [-0.05, 0) is 6.42 Å². The van der Waals surface area contributed by atoms with E-state index in [-0.39, 0.29) is 0 Å². The monoisotopic (exact) mass is 192 g/mol. The van der Waals surface area contributed by atoms with Crippen LogP contribution in [0.1, 0.15) is 13.3 Å². The molecule has 0 aromatic carbocycles. The Morgan fingerprint density at radius 2 is 2.17 bits per heavy atom. The molecule has 7 heteroatoms. The molecule has 1 rings (SSSR count). The summed E-state index contributed by atoms with van der Waals surface area (Å²) < 4.78 is 29.4. The van der Waals surface area contributed by atoms with Gasteiger partial charge >= 0.3 is 16.2 Å². The van der Waals surface area contributed by atoms with Crippen molar-refractivity contribution in [2.24, 2.45) is 5.73 Å². The van der Waals surface area contributed by atoms with Gasteiger partial charge in [0.1, 0.15) is 6.07 Å². The van der Waals surface area contributed by atoms with Crippen molar-refractivity contribution in [3.63, 3.8) is 0 Å². The summed E-state index contributed by atoms with van der Waals surface area (Å²) >= 11 is 0. The SMILES string of the molecule is CCC(N)C1(C#N)OS(=O)(=O)O1. The molecule has 1 fully saturated rings. The van der Waals surface area contributed by atoms with E-state index in [4.69, 9.17) is 11.0 Å². The highest BCUT2D eigenvalue weighted by molar-refractivity contribution is 7.82. The van der Waals surface area contributed by atoms with Gasteiger partial charge in [-0.3, -0.25) is 0 Å². The smallest absolute Gasteiger partial charge is 0.322 e. The van der Waals surface area contributed by atoms with Gasteiger partial charge in [-0.25, -0.2) is 0 Å². The van der Waals surface area contributed by atoms with Crippen LogP contribution in [0.3, 0.4) is 0 Å². The highest BCUT2D eigenvalue weighted by Gasteiger charge is 2.56. The minimum Gasteiger partial charge on any atom is -0.322 e. The van der Waals surface area contributed by atoms with Gasteiger partial charge < -0.3 is 5.73 Å². The molecule has 12 heavy (non-hydrogen) atoms. The molecule has 2 N–H and O–H groups in total. The van der Waals surface area contributed by atoms with Crippen molar-refractivity contribution in [2.45, 2.75) is 25.2 Å². The molecule has 68 valence electrons. The summed E-state index contributed by atoms with van der Waals surface area (Å²) in [7, 11) is -3.96. The fraction of sp³-hybridized carbons (Fsp3) is 0.800. The van der Waals surface area contributed by atoms with Crippen molar-refractivity contribution < 1.29 is 16.8 Å². The second-order valence-corrected chi connectivity index (χ2v) is 3.52. The van der Waals surface area contributed by atoms with Crippen LogP contribution in [0.25, 0.3) is 0 Å². The normalized spacial score (nSPS) is 26.8. The molecule has 1 atom stereocenters. The van der Waals surface area contributed by atoms with Gasteiger partial charge in [0.15, 0.2) is 0 Å². The van der Waals surface area contributed by atoms with Gasteiger partial charge in [-0.2, -0.15) is 22.0 Å². The fourth-order valence-corrected chi connectivity index (χ4v) is 1.76. The summed E-state index contributed by atoms with van der Waals surface area (Å²) in [6.07, 6.45) is 0.392. The van der Waals surface area contributed by atoms with Crippen LogP contribution in [0.4, 0.5) is 0 Å². The lowest BCUT2D eigenvalue weighted by Crippen LogP contribution is -2.60. The molecule has 1 unspecified atom stereocenters. The second kappa shape index (κ2) is 2.67. The Bertz CT molecular complexity index is 305. The van der Waals surface area contributed by atoms with Crippen LogP contribution < -0.4 is 5.73 Å². The number of hydrogen-bond donors (Lipinski definition) is 1. The molecule has 1 heterocycles. The van der Waals surface area contributed by atoms with Gasteiger partial charge in [0.05, 0.1) is 6.04 Å². The zero-order valence-electron chi connectivity index (χ0n) is 6.35. The summed E-state index contributed by atoms with van der Waals surface area (Å²) in [4.78, 5) is 0. The molecule has 0 bridgehead atoms. The van der Waals surface area contributed by atoms with E-state index in [0.717, 1.165) is 0 Å². The first-order chi connectivity index (χ1) is 5.46. The lowest BCUT2D eigenvalue weighted by molar-refractivity contribution is -0.157. The molecule has 6 nitrogen and oxygen atoms in total. The molecule has 1 saturated heterocycles. The minimum atomic E-state index is -3.96. The molecule has 0 amide bonds. The third-order valence-electron chi connectivity index (χ3n) is 1.54. The number of hydrogen-bond acceptors (Lipinski definition) is 6. The quantitative estimate of drug-likeness (QED) is 0.616. The van der Waals surface area contributed by atoms with E-state index in [2.05, 4.69) is 8.37 Å². The maximum Gasteiger partial charge on any atom is 0.407 e. The zero-order chi connectivity index (χ0) is 9.41. The first kappa shape index (κ1) is 9.41. The molecule has 1 aliphatic rings. The third-order valence-corrected chi connectivity index (χ3v) is 2.44. The van der Waals surface area contributed by atoms with Gasteiger partial charge in [0, 0.05) is 0 Å². The van der Waals surface area contributed by atoms with Crippen molar-refractivity contribution in [1.29, 1.82) is 5.26 Å². The Labute approximate surface area is 70.2 Å². The molecule has 0 radical (unpaired) electrons.